The molecule has 18 heteroatoms. The average molecular weight is 505 g/mol. The van der Waals surface area contributed by atoms with Crippen molar-refractivity contribution in [2.75, 3.05) is 11.5 Å². The minimum Gasteiger partial charge on any atom is -0.543 e. The van der Waals surface area contributed by atoms with Crippen molar-refractivity contribution in [1.82, 2.24) is 45.8 Å². The van der Waals surface area contributed by atoms with Gasteiger partial charge in [0.15, 0.2) is 4.86 Å². The standard InChI is InChI=1S/C14H13N9O5S3.Na/c1-22-10(18-20-21-22)9(31-28)11(24)16-7-12(25)23-8(14(26)27)5(4-30-13(7)23)3-29-6-2-15-19-17-6;/h2,7,13H,3-4H2,1H3,(H,16,24)(H,26,27)(H,15,17,19);/q;+1/p-1/t7?,13-;/m1./s1. The first-order valence-electron chi connectivity index (χ1n) is 8.49. The number of aliphatic carboxylic acids is 1. The number of nitrogens with one attached hydrogen (secondary N) is 2. The molecule has 32 heavy (non-hydrogen) atoms. The number of H-pyrrole nitrogens is 1. The fourth-order valence-electron chi connectivity index (χ4n) is 3.01. The predicted octanol–water partition coefficient (Wildman–Crippen LogP) is -6.74. The number of hydrogen-bond acceptors (Lipinski definition) is 12. The summed E-state index contributed by atoms with van der Waals surface area (Å²) in [6.45, 7) is 0. The number of nitrogens with zero attached hydrogens (tertiary/aromatic N) is 7. The second-order valence-corrected chi connectivity index (χ2v) is 8.95. The zero-order chi connectivity index (χ0) is 22.1. The molecule has 2 amide bonds. The van der Waals surface area contributed by atoms with Gasteiger partial charge in [-0.15, -0.1) is 33.7 Å². The molecular weight excluding hydrogens is 493 g/mol. The van der Waals surface area contributed by atoms with E-state index in [1.54, 1.807) is 0 Å². The fourth-order valence-corrected chi connectivity index (χ4v) is 5.66. The summed E-state index contributed by atoms with van der Waals surface area (Å²) in [5.74, 6) is -2.34. The molecule has 2 atom stereocenters. The number of aromatic nitrogens is 7. The Balaban J connectivity index is 0.00000289. The molecule has 0 radical (unpaired) electrons. The van der Waals surface area contributed by atoms with Crippen molar-refractivity contribution < 1.29 is 53.3 Å². The molecule has 4 heterocycles. The molecule has 2 aromatic rings. The van der Waals surface area contributed by atoms with Crippen molar-refractivity contribution in [3.63, 3.8) is 0 Å². The summed E-state index contributed by atoms with van der Waals surface area (Å²) in [6, 6.07) is -0.999. The minimum absolute atomic E-state index is 0. The van der Waals surface area contributed by atoms with Crippen molar-refractivity contribution >= 4 is 57.4 Å². The first-order chi connectivity index (χ1) is 14.9. The van der Waals surface area contributed by atoms with Gasteiger partial charge < -0.3 is 15.2 Å². The maximum Gasteiger partial charge on any atom is 1.00 e. The molecule has 1 saturated heterocycles. The Bertz CT molecular complexity index is 1150. The molecule has 2 N–H and O–H groups in total. The summed E-state index contributed by atoms with van der Waals surface area (Å²) >= 11 is 2.49. The third-order valence-electron chi connectivity index (χ3n) is 4.43. The topological polar surface area (TPSA) is 192 Å². The number of β-lactam (4-membered cyclic amide) rings is 1. The van der Waals surface area contributed by atoms with Gasteiger partial charge in [0.2, 0.25) is 5.82 Å². The number of carboxylic acids is 1. The Morgan fingerprint density at radius 3 is 2.81 bits per heavy atom. The van der Waals surface area contributed by atoms with E-state index < -0.39 is 29.2 Å². The van der Waals surface area contributed by atoms with Crippen molar-refractivity contribution in [3.8, 4) is 0 Å². The monoisotopic (exact) mass is 505 g/mol. The number of aromatic amines is 1. The van der Waals surface area contributed by atoms with Gasteiger partial charge in [0, 0.05) is 18.6 Å². The molecule has 0 spiro atoms. The van der Waals surface area contributed by atoms with E-state index in [-0.39, 0.29) is 63.0 Å². The second-order valence-electron chi connectivity index (χ2n) is 6.25. The Morgan fingerprint density at radius 2 is 2.22 bits per heavy atom. The van der Waals surface area contributed by atoms with Crippen LogP contribution in [0.3, 0.4) is 0 Å². The molecule has 1 fully saturated rings. The van der Waals surface area contributed by atoms with Crippen LogP contribution in [-0.4, -0.2) is 90.3 Å². The zero-order valence-electron chi connectivity index (χ0n) is 16.5. The molecule has 2 aromatic heterocycles. The van der Waals surface area contributed by atoms with Crippen molar-refractivity contribution in [2.24, 2.45) is 7.05 Å². The third kappa shape index (κ3) is 4.53. The molecule has 0 bridgehead atoms. The van der Waals surface area contributed by atoms with Crippen molar-refractivity contribution in [3.05, 3.63) is 23.3 Å². The van der Waals surface area contributed by atoms with Crippen LogP contribution in [0.2, 0.25) is 0 Å². The van der Waals surface area contributed by atoms with Gasteiger partial charge in [-0.3, -0.25) is 19.6 Å². The predicted molar refractivity (Wildman–Crippen MR) is 105 cm³/mol. The smallest absolute Gasteiger partial charge is 0.543 e. The van der Waals surface area contributed by atoms with Crippen LogP contribution in [0, 0.1) is 0 Å². The second kappa shape index (κ2) is 10.3. The van der Waals surface area contributed by atoms with Crippen molar-refractivity contribution in [1.29, 1.82) is 0 Å². The number of aryl methyl sites for hydroxylation is 1. The molecule has 0 aromatic carbocycles. The van der Waals surface area contributed by atoms with Gasteiger partial charge in [0.1, 0.15) is 27.7 Å². The van der Waals surface area contributed by atoms with Gasteiger partial charge in [0.25, 0.3) is 11.8 Å². The first kappa shape index (κ1) is 24.6. The Morgan fingerprint density at radius 1 is 1.44 bits per heavy atom. The van der Waals surface area contributed by atoms with Crippen LogP contribution in [-0.2, 0) is 32.7 Å². The number of thioether (sulfide) groups is 2. The van der Waals surface area contributed by atoms with E-state index in [2.05, 4.69) is 36.3 Å². The molecule has 162 valence electrons. The molecule has 0 saturated carbocycles. The van der Waals surface area contributed by atoms with Crippen LogP contribution < -0.4 is 40.0 Å². The number of amides is 2. The van der Waals surface area contributed by atoms with Gasteiger partial charge in [-0.2, -0.15) is 0 Å². The maximum atomic E-state index is 12.7. The zero-order valence-corrected chi connectivity index (χ0v) is 21.0. The quantitative estimate of drug-likeness (QED) is 0.119. The SMILES string of the molecule is Cn1nnnc1C(=S=O)C(=O)NC1C(=O)N2C(C(=O)[O-])=C(CSc3cnn[nH]3)CS[C@H]12.[Na+]. The molecule has 0 aliphatic carbocycles. The number of tetrazole rings is 1. The Kier molecular flexibility index (Phi) is 7.88. The van der Waals surface area contributed by atoms with E-state index >= 15 is 0 Å². The fraction of sp³-hybridized carbons (Fsp3) is 0.357. The number of carbonyl (C=O) groups excluding carboxylic acids is 3. The summed E-state index contributed by atoms with van der Waals surface area (Å²) in [5, 5.41) is 34.7. The summed E-state index contributed by atoms with van der Waals surface area (Å²) in [4.78, 5) is 37.8. The normalized spacial score (nSPS) is 19.5. The van der Waals surface area contributed by atoms with Crippen molar-refractivity contribution in [2.45, 2.75) is 16.4 Å². The van der Waals surface area contributed by atoms with Gasteiger partial charge in [0.05, 0.1) is 17.9 Å². The van der Waals surface area contributed by atoms with Crippen LogP contribution in [0.15, 0.2) is 22.5 Å². The van der Waals surface area contributed by atoms with Crippen LogP contribution in [0.4, 0.5) is 0 Å². The number of fused-ring (bicyclic) bond motifs is 1. The minimum atomic E-state index is -1.48. The molecular formula is C14H12N9NaO5S3. The van der Waals surface area contributed by atoms with E-state index in [1.165, 1.54) is 36.8 Å². The molecule has 1 unspecified atom stereocenters. The summed E-state index contributed by atoms with van der Waals surface area (Å²) in [6.07, 6.45) is 1.50. The molecule has 14 nitrogen and oxygen atoms in total. The van der Waals surface area contributed by atoms with E-state index in [0.717, 1.165) is 9.58 Å². The van der Waals surface area contributed by atoms with Crippen LogP contribution in [0.25, 0.3) is 0 Å². The average Bonchev–Trinajstić information content (AvgIpc) is 3.42. The number of carbonyl (C=O) groups is 3. The largest absolute Gasteiger partial charge is 1.00 e. The number of rotatable bonds is 7. The first-order valence-corrected chi connectivity index (χ1v) is 11.3. The summed E-state index contributed by atoms with van der Waals surface area (Å²) < 4.78 is 12.6. The maximum absolute atomic E-state index is 12.7. The number of carboxylic acid groups (broad SMARTS) is 1. The summed E-state index contributed by atoms with van der Waals surface area (Å²) in [5.41, 5.74) is 0.297. The van der Waals surface area contributed by atoms with Gasteiger partial charge in [-0.25, -0.2) is 8.89 Å². The molecule has 2 aliphatic rings. The van der Waals surface area contributed by atoms with Gasteiger partial charge in [-0.1, -0.05) is 5.21 Å². The van der Waals surface area contributed by atoms with Crippen LogP contribution in [0.1, 0.15) is 5.82 Å². The van der Waals surface area contributed by atoms with E-state index in [4.69, 9.17) is 0 Å². The Labute approximate surface area is 213 Å². The third-order valence-corrected chi connectivity index (χ3v) is 7.31. The summed E-state index contributed by atoms with van der Waals surface area (Å²) in [7, 11) is 1.46. The Hall–Kier alpha value is -2.05. The van der Waals surface area contributed by atoms with E-state index in [0.29, 0.717) is 16.4 Å². The molecule has 2 aliphatic heterocycles. The van der Waals surface area contributed by atoms with E-state index in [9.17, 15) is 23.7 Å². The number of hydrogen-bond donors (Lipinski definition) is 2. The van der Waals surface area contributed by atoms with Crippen LogP contribution >= 0.6 is 23.5 Å². The van der Waals surface area contributed by atoms with Gasteiger partial charge >= 0.3 is 29.6 Å². The van der Waals surface area contributed by atoms with Gasteiger partial charge in [-0.05, 0) is 16.0 Å². The van der Waals surface area contributed by atoms with Crippen LogP contribution in [0.5, 0.6) is 0 Å². The van der Waals surface area contributed by atoms with E-state index in [1.807, 2.05) is 0 Å². The molecule has 4 rings (SSSR count).